The number of hydrogen-bond acceptors (Lipinski definition) is 9. The maximum atomic E-state index is 12.5. The molecule has 4 N–H and O–H groups in total. The van der Waals surface area contributed by atoms with Crippen LogP contribution in [0.4, 0.5) is 0 Å². The molecule has 5 atom stereocenters. The lowest BCUT2D eigenvalue weighted by Gasteiger charge is -2.18. The highest BCUT2D eigenvalue weighted by atomic mass is 31.2. The van der Waals surface area contributed by atoms with E-state index in [1.807, 2.05) is 6.08 Å². The van der Waals surface area contributed by atoms with Crippen molar-refractivity contribution in [2.75, 3.05) is 13.2 Å². The van der Waals surface area contributed by atoms with Gasteiger partial charge in [0.1, 0.15) is 12.4 Å². The molecule has 0 aromatic carbocycles. The van der Waals surface area contributed by atoms with Crippen molar-refractivity contribution < 1.29 is 52.9 Å². The van der Waals surface area contributed by atoms with Crippen molar-refractivity contribution in [3.8, 4) is 0 Å². The summed E-state index contributed by atoms with van der Waals surface area (Å²) < 4.78 is 26.4. The van der Waals surface area contributed by atoms with Gasteiger partial charge in [-0.1, -0.05) is 161 Å². The van der Waals surface area contributed by atoms with E-state index in [1.54, 1.807) is 6.08 Å². The fourth-order valence-electron chi connectivity index (χ4n) is 7.15. The zero-order chi connectivity index (χ0) is 39.9. The summed E-state index contributed by atoms with van der Waals surface area (Å²) in [5, 5.41) is 20.6. The Hall–Kier alpha value is -1.62. The molecule has 1 rings (SSSR count). The summed E-state index contributed by atoms with van der Waals surface area (Å²) in [7, 11) is -4.81. The number of rotatable bonds is 36. The summed E-state index contributed by atoms with van der Waals surface area (Å²) in [6.45, 7) is 3.40. The fourth-order valence-corrected chi connectivity index (χ4v) is 7.51. The van der Waals surface area contributed by atoms with Crippen LogP contribution in [0.25, 0.3) is 0 Å². The Kier molecular flexibility index (Phi) is 30.3. The minimum Gasteiger partial charge on any atom is -0.462 e. The summed E-state index contributed by atoms with van der Waals surface area (Å²) in [6.07, 6.45) is 28.3. The van der Waals surface area contributed by atoms with Gasteiger partial charge in [0, 0.05) is 31.1 Å². The summed E-state index contributed by atoms with van der Waals surface area (Å²) in [4.78, 5) is 55.6. The molecule has 316 valence electrons. The van der Waals surface area contributed by atoms with Crippen LogP contribution in [0.3, 0.4) is 0 Å². The van der Waals surface area contributed by atoms with E-state index in [-0.39, 0.29) is 43.5 Å². The summed E-state index contributed by atoms with van der Waals surface area (Å²) >= 11 is 0. The van der Waals surface area contributed by atoms with Gasteiger partial charge in [-0.3, -0.25) is 18.9 Å². The van der Waals surface area contributed by atoms with Gasteiger partial charge >= 0.3 is 19.8 Å². The Bertz CT molecular complexity index is 1050. The number of phosphoric ester groups is 1. The molecule has 0 radical (unpaired) electrons. The van der Waals surface area contributed by atoms with E-state index in [0.717, 1.165) is 57.8 Å². The summed E-state index contributed by atoms with van der Waals surface area (Å²) in [5.41, 5.74) is 0. The van der Waals surface area contributed by atoms with E-state index in [9.17, 15) is 29.2 Å². The molecular weight excluding hydrogens is 711 g/mol. The highest BCUT2D eigenvalue weighted by Gasteiger charge is 2.39. The molecule has 0 aromatic rings. The molecule has 0 spiro atoms. The molecule has 1 aliphatic rings. The number of esters is 2. The Balaban J connectivity index is 2.23. The zero-order valence-corrected chi connectivity index (χ0v) is 34.7. The molecule has 0 aliphatic heterocycles. The minimum absolute atomic E-state index is 0.0456. The lowest BCUT2D eigenvalue weighted by Crippen LogP contribution is -2.29. The third kappa shape index (κ3) is 27.9. The number of unbranched alkanes of at least 4 members (excludes halogenated alkanes) is 20. The number of phosphoric acid groups is 1. The first kappa shape index (κ1) is 50.4. The van der Waals surface area contributed by atoms with E-state index in [2.05, 4.69) is 18.4 Å². The highest BCUT2D eigenvalue weighted by Crippen LogP contribution is 2.36. The van der Waals surface area contributed by atoms with Crippen LogP contribution in [-0.2, 0) is 32.9 Å². The number of aliphatic hydroxyl groups excluding tert-OH is 2. The fraction of sp³-hybridized carbons (Fsp3) is 0.881. The van der Waals surface area contributed by atoms with Crippen molar-refractivity contribution in [1.29, 1.82) is 0 Å². The largest absolute Gasteiger partial charge is 0.469 e. The van der Waals surface area contributed by atoms with Crippen molar-refractivity contribution in [1.82, 2.24) is 0 Å². The van der Waals surface area contributed by atoms with Crippen molar-refractivity contribution >= 4 is 25.5 Å². The predicted molar refractivity (Wildman–Crippen MR) is 213 cm³/mol. The zero-order valence-electron chi connectivity index (χ0n) is 33.8. The molecule has 0 unspecified atom stereocenters. The Morgan fingerprint density at radius 3 is 1.74 bits per heavy atom. The Labute approximate surface area is 327 Å². The second kappa shape index (κ2) is 32.5. The monoisotopic (exact) mass is 789 g/mol. The van der Waals surface area contributed by atoms with Crippen LogP contribution in [0, 0.1) is 11.8 Å². The van der Waals surface area contributed by atoms with Crippen LogP contribution in [0.15, 0.2) is 12.2 Å². The van der Waals surface area contributed by atoms with E-state index >= 15 is 0 Å². The molecular formula is C42H77O11P. The van der Waals surface area contributed by atoms with Crippen molar-refractivity contribution in [3.63, 3.8) is 0 Å². The Morgan fingerprint density at radius 1 is 0.722 bits per heavy atom. The van der Waals surface area contributed by atoms with Gasteiger partial charge in [-0.2, -0.15) is 0 Å². The molecule has 0 saturated heterocycles. The quantitative estimate of drug-likeness (QED) is 0.0206. The maximum absolute atomic E-state index is 12.5. The van der Waals surface area contributed by atoms with Crippen LogP contribution in [0.2, 0.25) is 0 Å². The molecule has 0 heterocycles. The normalized spacial score (nSPS) is 18.7. The molecule has 0 aromatic heterocycles. The number of Topliss-reactive ketones (excluding diaryl/α,β-unsaturated/α-hetero) is 1. The second-order valence-electron chi connectivity index (χ2n) is 15.5. The molecule has 1 fully saturated rings. The lowest BCUT2D eigenvalue weighted by molar-refractivity contribution is -0.161. The molecule has 12 heteroatoms. The van der Waals surface area contributed by atoms with Crippen molar-refractivity contribution in [2.24, 2.45) is 11.8 Å². The van der Waals surface area contributed by atoms with Crippen molar-refractivity contribution in [2.45, 2.75) is 212 Å². The van der Waals surface area contributed by atoms with Gasteiger partial charge in [0.2, 0.25) is 0 Å². The molecule has 1 saturated carbocycles. The van der Waals surface area contributed by atoms with E-state index in [0.29, 0.717) is 25.7 Å². The Morgan fingerprint density at radius 2 is 1.20 bits per heavy atom. The molecule has 0 amide bonds. The number of ether oxygens (including phenoxy) is 2. The minimum atomic E-state index is -4.81. The SMILES string of the molecule is CCCCCCCCCCCCCCCCCCC(=O)O[C@H](COC(=O)CCCCCC[C@H]1C(=O)C[C@@H](O)[C@@H]1/C=C/[C@@H](O)CCCCC)COP(=O)(O)O. The predicted octanol–water partition coefficient (Wildman–Crippen LogP) is 9.61. The van der Waals surface area contributed by atoms with Crippen LogP contribution in [0.1, 0.15) is 194 Å². The van der Waals surface area contributed by atoms with Crippen molar-refractivity contribution in [3.05, 3.63) is 12.2 Å². The van der Waals surface area contributed by atoms with Crippen LogP contribution in [0.5, 0.6) is 0 Å². The number of carbonyl (C=O) groups is 3. The third-order valence-corrected chi connectivity index (χ3v) is 10.9. The van der Waals surface area contributed by atoms with E-state index in [1.165, 1.54) is 77.0 Å². The van der Waals surface area contributed by atoms with Gasteiger partial charge in [-0.25, -0.2) is 4.57 Å². The van der Waals surface area contributed by atoms with Gasteiger partial charge in [-0.05, 0) is 25.7 Å². The van der Waals surface area contributed by atoms with Crippen LogP contribution in [-0.4, -0.2) is 69.2 Å². The summed E-state index contributed by atoms with van der Waals surface area (Å²) in [6, 6.07) is 0. The third-order valence-electron chi connectivity index (χ3n) is 10.4. The molecule has 54 heavy (non-hydrogen) atoms. The van der Waals surface area contributed by atoms with Gasteiger partial charge in [0.15, 0.2) is 6.10 Å². The first-order valence-corrected chi connectivity index (χ1v) is 23.1. The lowest BCUT2D eigenvalue weighted by atomic mass is 9.88. The van der Waals surface area contributed by atoms with E-state index in [4.69, 9.17) is 19.3 Å². The van der Waals surface area contributed by atoms with Gasteiger partial charge < -0.3 is 29.5 Å². The molecule has 11 nitrogen and oxygen atoms in total. The second-order valence-corrected chi connectivity index (χ2v) is 16.7. The van der Waals surface area contributed by atoms with E-state index < -0.39 is 44.7 Å². The molecule has 0 bridgehead atoms. The number of hydrogen-bond donors (Lipinski definition) is 4. The molecule has 1 aliphatic carbocycles. The number of carbonyl (C=O) groups excluding carboxylic acids is 3. The highest BCUT2D eigenvalue weighted by molar-refractivity contribution is 7.46. The first-order valence-electron chi connectivity index (χ1n) is 21.6. The van der Waals surface area contributed by atoms with Gasteiger partial charge in [-0.15, -0.1) is 0 Å². The van der Waals surface area contributed by atoms with Crippen LogP contribution < -0.4 is 0 Å². The topological polar surface area (TPSA) is 177 Å². The maximum Gasteiger partial charge on any atom is 0.469 e. The summed E-state index contributed by atoms with van der Waals surface area (Å²) in [5.74, 6) is -1.56. The standard InChI is InChI=1S/C42H77O11P/c1-3-5-7-8-9-10-11-12-13-14-15-16-17-18-19-25-29-42(47)53-36(34-52-54(48,49)50)33-51-41(46)28-24-21-20-23-27-37-38(40(45)32-39(37)44)31-30-35(43)26-22-6-4-2/h30-31,35-38,40,43,45H,3-29,32-34H2,1-2H3,(H2,48,49,50)/b31-30+/t35-,36+,37+,38+,40+/m0/s1. The number of ketones is 1. The average Bonchev–Trinajstić information content (AvgIpc) is 3.40. The average molecular weight is 789 g/mol. The smallest absolute Gasteiger partial charge is 0.462 e. The van der Waals surface area contributed by atoms with Crippen LogP contribution >= 0.6 is 7.82 Å². The number of aliphatic hydroxyl groups is 2. The van der Waals surface area contributed by atoms with Gasteiger partial charge in [0.05, 0.1) is 18.8 Å². The first-order chi connectivity index (χ1) is 26.0. The van der Waals surface area contributed by atoms with Gasteiger partial charge in [0.25, 0.3) is 0 Å².